The molecular weight excluding hydrogens is 218 g/mol. The first-order chi connectivity index (χ1) is 6.53. The molecule has 0 bridgehead atoms. The van der Waals surface area contributed by atoms with Crippen molar-refractivity contribution in [2.45, 2.75) is 32.4 Å². The van der Waals surface area contributed by atoms with E-state index in [0.29, 0.717) is 6.04 Å². The first-order valence-electron chi connectivity index (χ1n) is 5.07. The van der Waals surface area contributed by atoms with E-state index in [1.54, 1.807) is 6.92 Å². The molecule has 0 spiro atoms. The van der Waals surface area contributed by atoms with Crippen molar-refractivity contribution in [3.63, 3.8) is 0 Å². The van der Waals surface area contributed by atoms with Crippen molar-refractivity contribution in [1.82, 2.24) is 5.32 Å². The third-order valence-electron chi connectivity index (χ3n) is 2.39. The zero-order chi connectivity index (χ0) is 10.6. The van der Waals surface area contributed by atoms with Crippen molar-refractivity contribution >= 4 is 21.6 Å². The van der Waals surface area contributed by atoms with Gasteiger partial charge in [0.2, 0.25) is 0 Å². The van der Waals surface area contributed by atoms with Gasteiger partial charge in [-0.25, -0.2) is 8.42 Å². The quantitative estimate of drug-likeness (QED) is 0.772. The van der Waals surface area contributed by atoms with Gasteiger partial charge in [0.05, 0.1) is 5.75 Å². The maximum absolute atomic E-state index is 11.3. The fourth-order valence-corrected chi connectivity index (χ4v) is 3.87. The van der Waals surface area contributed by atoms with E-state index >= 15 is 0 Å². The van der Waals surface area contributed by atoms with Crippen LogP contribution in [0.25, 0.3) is 0 Å². The minimum Gasteiger partial charge on any atom is -0.310 e. The molecule has 3 nitrogen and oxygen atoms in total. The molecule has 2 atom stereocenters. The summed E-state index contributed by atoms with van der Waals surface area (Å²) in [7, 11) is -2.83. The lowest BCUT2D eigenvalue weighted by Gasteiger charge is -2.18. The van der Waals surface area contributed by atoms with Crippen molar-refractivity contribution in [2.24, 2.45) is 0 Å². The van der Waals surface area contributed by atoms with E-state index in [4.69, 9.17) is 0 Å². The molecule has 1 heterocycles. The lowest BCUT2D eigenvalue weighted by molar-refractivity contribution is 0.492. The summed E-state index contributed by atoms with van der Waals surface area (Å²) in [5, 5.41) is 3.37. The summed E-state index contributed by atoms with van der Waals surface area (Å²) in [4.78, 5) is 0. The van der Waals surface area contributed by atoms with Crippen LogP contribution in [0.1, 0.15) is 20.3 Å². The molecule has 1 aliphatic rings. The van der Waals surface area contributed by atoms with Gasteiger partial charge in [0.15, 0.2) is 9.84 Å². The van der Waals surface area contributed by atoms with Crippen molar-refractivity contribution in [1.29, 1.82) is 0 Å². The molecule has 1 saturated heterocycles. The highest BCUT2D eigenvalue weighted by Gasteiger charge is 2.20. The Bertz CT molecular complexity index is 258. The highest BCUT2D eigenvalue weighted by molar-refractivity contribution is 7.99. The second kappa shape index (κ2) is 5.37. The molecule has 2 unspecified atom stereocenters. The van der Waals surface area contributed by atoms with Gasteiger partial charge in [-0.15, -0.1) is 0 Å². The van der Waals surface area contributed by atoms with Gasteiger partial charge in [0.25, 0.3) is 0 Å². The molecule has 0 amide bonds. The Morgan fingerprint density at radius 3 is 2.79 bits per heavy atom. The number of nitrogens with one attached hydrogen (secondary N) is 1. The summed E-state index contributed by atoms with van der Waals surface area (Å²) in [6, 6.07) is 0.603. The average Bonchev–Trinajstić information content (AvgIpc) is 2.55. The van der Waals surface area contributed by atoms with Gasteiger partial charge in [-0.05, 0) is 19.1 Å². The summed E-state index contributed by atoms with van der Waals surface area (Å²) in [6.07, 6.45) is 1.17. The highest BCUT2D eigenvalue weighted by atomic mass is 32.2. The van der Waals surface area contributed by atoms with Gasteiger partial charge in [-0.2, -0.15) is 11.8 Å². The first-order valence-corrected chi connectivity index (χ1v) is 8.05. The van der Waals surface area contributed by atoms with E-state index in [9.17, 15) is 8.42 Å². The number of rotatable bonds is 5. The van der Waals surface area contributed by atoms with Gasteiger partial charge in [0, 0.05) is 23.6 Å². The van der Waals surface area contributed by atoms with E-state index in [0.717, 1.165) is 5.75 Å². The van der Waals surface area contributed by atoms with Crippen LogP contribution < -0.4 is 5.32 Å². The Labute approximate surface area is 91.0 Å². The van der Waals surface area contributed by atoms with Crippen LogP contribution in [0.2, 0.25) is 0 Å². The molecule has 0 radical (unpaired) electrons. The Hall–Kier alpha value is 0.260. The Kier molecular flexibility index (Phi) is 4.73. The van der Waals surface area contributed by atoms with Crippen LogP contribution in [0.4, 0.5) is 0 Å². The second-order valence-corrected chi connectivity index (χ2v) is 7.37. The number of hydrogen-bond donors (Lipinski definition) is 1. The molecule has 0 aliphatic carbocycles. The van der Waals surface area contributed by atoms with Crippen molar-refractivity contribution < 1.29 is 8.42 Å². The number of sulfone groups is 1. The van der Waals surface area contributed by atoms with Crippen molar-refractivity contribution in [3.05, 3.63) is 0 Å². The third-order valence-corrected chi connectivity index (χ3v) is 5.44. The van der Waals surface area contributed by atoms with E-state index in [1.165, 1.54) is 12.2 Å². The van der Waals surface area contributed by atoms with Crippen LogP contribution in [0.3, 0.4) is 0 Å². The average molecular weight is 237 g/mol. The van der Waals surface area contributed by atoms with E-state index < -0.39 is 9.84 Å². The molecule has 1 aliphatic heterocycles. The zero-order valence-corrected chi connectivity index (χ0v) is 10.5. The third kappa shape index (κ3) is 4.19. The molecule has 0 aromatic rings. The van der Waals surface area contributed by atoms with Crippen LogP contribution >= 0.6 is 11.8 Å². The van der Waals surface area contributed by atoms with Gasteiger partial charge < -0.3 is 5.32 Å². The van der Waals surface area contributed by atoms with Gasteiger partial charge in [-0.3, -0.25) is 0 Å². The number of hydrogen-bond acceptors (Lipinski definition) is 4. The lowest BCUT2D eigenvalue weighted by Crippen LogP contribution is -2.40. The minimum atomic E-state index is -2.83. The Morgan fingerprint density at radius 2 is 2.29 bits per heavy atom. The fraction of sp³-hybridized carbons (Fsp3) is 1.00. The summed E-state index contributed by atoms with van der Waals surface area (Å²) >= 11 is 1.94. The molecule has 84 valence electrons. The van der Waals surface area contributed by atoms with Crippen LogP contribution in [-0.2, 0) is 9.84 Å². The molecule has 5 heteroatoms. The maximum Gasteiger partial charge on any atom is 0.151 e. The van der Waals surface area contributed by atoms with Crippen LogP contribution in [0, 0.1) is 0 Å². The monoisotopic (exact) mass is 237 g/mol. The lowest BCUT2D eigenvalue weighted by atomic mass is 10.2. The van der Waals surface area contributed by atoms with Crippen LogP contribution in [0.5, 0.6) is 0 Å². The topological polar surface area (TPSA) is 46.2 Å². The zero-order valence-electron chi connectivity index (χ0n) is 8.82. The van der Waals surface area contributed by atoms with Gasteiger partial charge in [-0.1, -0.05) is 6.92 Å². The molecule has 1 N–H and O–H groups in total. The summed E-state index contributed by atoms with van der Waals surface area (Å²) in [5.74, 6) is 2.84. The van der Waals surface area contributed by atoms with Crippen LogP contribution in [0.15, 0.2) is 0 Å². The molecule has 14 heavy (non-hydrogen) atoms. The van der Waals surface area contributed by atoms with Gasteiger partial charge >= 0.3 is 0 Å². The standard InChI is InChI=1S/C9H19NO2S2/c1-3-14(11,12)7-8(2)10-9-4-5-13-6-9/h8-10H,3-7H2,1-2H3. The Balaban J connectivity index is 2.31. The summed E-state index contributed by atoms with van der Waals surface area (Å²) in [5.41, 5.74) is 0. The van der Waals surface area contributed by atoms with E-state index in [1.807, 2.05) is 18.7 Å². The summed E-state index contributed by atoms with van der Waals surface area (Å²) < 4.78 is 22.7. The molecular formula is C9H19NO2S2. The highest BCUT2D eigenvalue weighted by Crippen LogP contribution is 2.17. The molecule has 0 saturated carbocycles. The smallest absolute Gasteiger partial charge is 0.151 e. The van der Waals surface area contributed by atoms with Crippen molar-refractivity contribution in [3.8, 4) is 0 Å². The Morgan fingerprint density at radius 1 is 1.57 bits per heavy atom. The van der Waals surface area contributed by atoms with E-state index in [-0.39, 0.29) is 17.5 Å². The molecule has 0 aromatic carbocycles. The van der Waals surface area contributed by atoms with Crippen LogP contribution in [-0.4, -0.2) is 43.5 Å². The van der Waals surface area contributed by atoms with Gasteiger partial charge in [0.1, 0.15) is 0 Å². The second-order valence-electron chi connectivity index (χ2n) is 3.83. The normalized spacial score (nSPS) is 25.1. The van der Waals surface area contributed by atoms with Crippen molar-refractivity contribution in [2.75, 3.05) is 23.0 Å². The largest absolute Gasteiger partial charge is 0.310 e. The SMILES string of the molecule is CCS(=O)(=O)CC(C)NC1CCSC1. The first kappa shape index (κ1) is 12.3. The molecule has 1 rings (SSSR count). The predicted octanol–water partition coefficient (Wildman–Crippen LogP) is 0.905. The predicted molar refractivity (Wildman–Crippen MR) is 62.7 cm³/mol. The fourth-order valence-electron chi connectivity index (χ4n) is 1.62. The summed E-state index contributed by atoms with van der Waals surface area (Å²) in [6.45, 7) is 3.66. The van der Waals surface area contributed by atoms with E-state index in [2.05, 4.69) is 5.32 Å². The minimum absolute atomic E-state index is 0.0867. The number of thioether (sulfide) groups is 1. The molecule has 0 aromatic heterocycles. The molecule has 1 fully saturated rings. The maximum atomic E-state index is 11.3.